The van der Waals surface area contributed by atoms with Gasteiger partial charge in [0.15, 0.2) is 5.71 Å². The minimum Gasteiger partial charge on any atom is -0.515 e. The molecule has 0 aliphatic rings. The first kappa shape index (κ1) is 14.4. The van der Waals surface area contributed by atoms with Gasteiger partial charge in [0.1, 0.15) is 7.11 Å². The number of carbonyl (C=O) groups is 1. The molecule has 0 bridgehead atoms. The van der Waals surface area contributed by atoms with Crippen LogP contribution in [0, 0.1) is 0 Å². The number of carbonyl (C=O) groups excluding carboxylic acids is 1. The number of benzene rings is 1. The van der Waals surface area contributed by atoms with Gasteiger partial charge in [0, 0.05) is 6.42 Å². The maximum Gasteiger partial charge on any atom is 0.343 e. The largest absolute Gasteiger partial charge is 0.515 e. The topological polar surface area (TPSA) is 47.9 Å². The van der Waals surface area contributed by atoms with Crippen molar-refractivity contribution in [2.24, 2.45) is 5.16 Å². The van der Waals surface area contributed by atoms with Crippen molar-refractivity contribution in [2.75, 3.05) is 7.11 Å². The molecule has 0 aromatic heterocycles. The van der Waals surface area contributed by atoms with Crippen LogP contribution in [0.1, 0.15) is 5.56 Å². The van der Waals surface area contributed by atoms with Gasteiger partial charge in [-0.1, -0.05) is 35.5 Å². The normalized spacial score (nSPS) is 12.1. The molecule has 1 aromatic rings. The SMILES string of the molecule is CON=C(Cc1ccccc1)C(=O)O[Si](C)(C)C. The minimum absolute atomic E-state index is 0.297. The fraction of sp³-hybridized carbons (Fsp3) is 0.385. The molecule has 0 spiro atoms. The fourth-order valence-electron chi connectivity index (χ4n) is 1.38. The quantitative estimate of drug-likeness (QED) is 0.467. The predicted molar refractivity (Wildman–Crippen MR) is 74.0 cm³/mol. The highest BCUT2D eigenvalue weighted by molar-refractivity contribution is 6.72. The van der Waals surface area contributed by atoms with Crippen LogP contribution in [0.5, 0.6) is 0 Å². The van der Waals surface area contributed by atoms with Gasteiger partial charge < -0.3 is 9.26 Å². The van der Waals surface area contributed by atoms with E-state index in [0.717, 1.165) is 5.56 Å². The molecule has 1 rings (SSSR count). The van der Waals surface area contributed by atoms with E-state index in [-0.39, 0.29) is 5.97 Å². The highest BCUT2D eigenvalue weighted by atomic mass is 28.4. The van der Waals surface area contributed by atoms with Crippen molar-refractivity contribution in [3.63, 3.8) is 0 Å². The Bertz CT molecular complexity index is 424. The second-order valence-electron chi connectivity index (χ2n) is 4.88. The van der Waals surface area contributed by atoms with Gasteiger partial charge in [-0.05, 0) is 25.2 Å². The highest BCUT2D eigenvalue weighted by Gasteiger charge is 2.24. The summed E-state index contributed by atoms with van der Waals surface area (Å²) in [4.78, 5) is 16.7. The monoisotopic (exact) mass is 265 g/mol. The number of hydrogen-bond donors (Lipinski definition) is 0. The first-order valence-corrected chi connectivity index (χ1v) is 9.20. The van der Waals surface area contributed by atoms with E-state index in [4.69, 9.17) is 9.26 Å². The van der Waals surface area contributed by atoms with Crippen LogP contribution in [0.2, 0.25) is 19.6 Å². The van der Waals surface area contributed by atoms with Crippen LogP contribution in [0.3, 0.4) is 0 Å². The number of hydrogen-bond acceptors (Lipinski definition) is 4. The molecule has 0 fully saturated rings. The van der Waals surface area contributed by atoms with Gasteiger partial charge in [-0.25, -0.2) is 4.79 Å². The van der Waals surface area contributed by atoms with Gasteiger partial charge in [0.05, 0.1) is 0 Å². The lowest BCUT2D eigenvalue weighted by molar-refractivity contribution is -0.127. The standard InChI is InChI=1S/C13H19NO3Si/c1-16-14-12(13(15)17-18(2,3)4)10-11-8-6-5-7-9-11/h5-9H,10H2,1-4H3. The molecule has 0 aliphatic heterocycles. The van der Waals surface area contributed by atoms with Gasteiger partial charge in [-0.15, -0.1) is 0 Å². The lowest BCUT2D eigenvalue weighted by Crippen LogP contribution is -2.33. The molecular formula is C13H19NO3Si. The third-order valence-electron chi connectivity index (χ3n) is 2.05. The third kappa shape index (κ3) is 5.14. The van der Waals surface area contributed by atoms with Gasteiger partial charge in [0.2, 0.25) is 8.32 Å². The summed E-state index contributed by atoms with van der Waals surface area (Å²) in [5.41, 5.74) is 1.30. The van der Waals surface area contributed by atoms with E-state index in [1.165, 1.54) is 7.11 Å². The van der Waals surface area contributed by atoms with Gasteiger partial charge in [0.25, 0.3) is 0 Å². The zero-order valence-corrected chi connectivity index (χ0v) is 12.3. The Morgan fingerprint density at radius 3 is 2.33 bits per heavy atom. The Hall–Kier alpha value is -1.62. The second kappa shape index (κ2) is 6.35. The summed E-state index contributed by atoms with van der Waals surface area (Å²) in [6.45, 7) is 5.87. The third-order valence-corrected chi connectivity index (χ3v) is 2.85. The number of rotatable bonds is 5. The Morgan fingerprint density at radius 1 is 1.22 bits per heavy atom. The summed E-state index contributed by atoms with van der Waals surface area (Å²) in [6.07, 6.45) is 0.415. The van der Waals surface area contributed by atoms with E-state index >= 15 is 0 Å². The molecule has 0 atom stereocenters. The molecule has 0 saturated carbocycles. The van der Waals surface area contributed by atoms with Crippen LogP contribution in [-0.2, 0) is 20.5 Å². The van der Waals surface area contributed by atoms with E-state index in [2.05, 4.69) is 5.16 Å². The Morgan fingerprint density at radius 2 is 1.83 bits per heavy atom. The number of oxime groups is 1. The maximum absolute atomic E-state index is 12.0. The molecule has 0 radical (unpaired) electrons. The Balaban J connectivity index is 2.78. The first-order valence-electron chi connectivity index (χ1n) is 5.79. The van der Waals surface area contributed by atoms with E-state index in [9.17, 15) is 4.79 Å². The van der Waals surface area contributed by atoms with Crippen molar-refractivity contribution < 1.29 is 14.1 Å². The van der Waals surface area contributed by atoms with E-state index in [1.54, 1.807) is 0 Å². The van der Waals surface area contributed by atoms with Crippen molar-refractivity contribution in [1.29, 1.82) is 0 Å². The molecule has 0 unspecified atom stereocenters. The first-order chi connectivity index (χ1) is 8.42. The lowest BCUT2D eigenvalue weighted by Gasteiger charge is -2.17. The van der Waals surface area contributed by atoms with E-state index in [0.29, 0.717) is 12.1 Å². The van der Waals surface area contributed by atoms with E-state index < -0.39 is 8.32 Å². The summed E-state index contributed by atoms with van der Waals surface area (Å²) in [6, 6.07) is 9.64. The molecule has 1 aromatic carbocycles. The summed E-state index contributed by atoms with van der Waals surface area (Å²) in [5.74, 6) is -0.389. The maximum atomic E-state index is 12.0. The average molecular weight is 265 g/mol. The van der Waals surface area contributed by atoms with Gasteiger partial charge in [-0.2, -0.15) is 0 Å². The van der Waals surface area contributed by atoms with Crippen LogP contribution in [0.4, 0.5) is 0 Å². The Labute approximate surface area is 109 Å². The molecule has 5 heteroatoms. The smallest absolute Gasteiger partial charge is 0.343 e. The van der Waals surface area contributed by atoms with Gasteiger partial charge in [-0.3, -0.25) is 0 Å². The molecule has 0 heterocycles. The van der Waals surface area contributed by atoms with Crippen LogP contribution < -0.4 is 0 Å². The summed E-state index contributed by atoms with van der Waals surface area (Å²) in [5, 5.41) is 3.77. The van der Waals surface area contributed by atoms with Crippen molar-refractivity contribution in [3.05, 3.63) is 35.9 Å². The van der Waals surface area contributed by atoms with Crippen LogP contribution in [0.25, 0.3) is 0 Å². The molecule has 98 valence electrons. The minimum atomic E-state index is -1.92. The summed E-state index contributed by atoms with van der Waals surface area (Å²) in [7, 11) is -0.492. The van der Waals surface area contributed by atoms with E-state index in [1.807, 2.05) is 50.0 Å². The zero-order chi connectivity index (χ0) is 13.6. The van der Waals surface area contributed by atoms with Crippen LogP contribution in [0.15, 0.2) is 35.5 Å². The lowest BCUT2D eigenvalue weighted by atomic mass is 10.1. The average Bonchev–Trinajstić information content (AvgIpc) is 2.27. The van der Waals surface area contributed by atoms with Crippen molar-refractivity contribution >= 4 is 20.0 Å². The second-order valence-corrected chi connectivity index (χ2v) is 9.31. The number of nitrogens with zero attached hydrogens (tertiary/aromatic N) is 1. The van der Waals surface area contributed by atoms with Crippen molar-refractivity contribution in [1.82, 2.24) is 0 Å². The molecule has 0 amide bonds. The molecule has 0 aliphatic carbocycles. The van der Waals surface area contributed by atoms with Crippen molar-refractivity contribution in [3.8, 4) is 0 Å². The zero-order valence-electron chi connectivity index (χ0n) is 11.3. The highest BCUT2D eigenvalue weighted by Crippen LogP contribution is 2.07. The van der Waals surface area contributed by atoms with Crippen molar-refractivity contribution in [2.45, 2.75) is 26.1 Å². The van der Waals surface area contributed by atoms with Crippen LogP contribution >= 0.6 is 0 Å². The molecule has 0 saturated heterocycles. The summed E-state index contributed by atoms with van der Waals surface area (Å²) >= 11 is 0. The predicted octanol–water partition coefficient (Wildman–Crippen LogP) is 2.61. The van der Waals surface area contributed by atoms with Crippen LogP contribution in [-0.4, -0.2) is 27.1 Å². The fourth-order valence-corrected chi connectivity index (χ4v) is 2.05. The molecule has 18 heavy (non-hydrogen) atoms. The Kier molecular flexibility index (Phi) is 5.09. The molecule has 0 N–H and O–H groups in total. The molecular weight excluding hydrogens is 246 g/mol. The van der Waals surface area contributed by atoms with Gasteiger partial charge >= 0.3 is 5.97 Å². The summed E-state index contributed by atoms with van der Waals surface area (Å²) < 4.78 is 5.41. The molecule has 4 nitrogen and oxygen atoms in total.